The summed E-state index contributed by atoms with van der Waals surface area (Å²) >= 11 is 0. The highest BCUT2D eigenvalue weighted by molar-refractivity contribution is 5.92. The summed E-state index contributed by atoms with van der Waals surface area (Å²) in [5.41, 5.74) is 1.05. The molecule has 128 valence electrons. The molecule has 0 aliphatic carbocycles. The van der Waals surface area contributed by atoms with Crippen molar-refractivity contribution in [1.29, 1.82) is 0 Å². The number of aromatic nitrogens is 3. The molecule has 1 aliphatic rings. The van der Waals surface area contributed by atoms with Crippen LogP contribution in [0.1, 0.15) is 35.4 Å². The number of hydrogen-bond acceptors (Lipinski definition) is 4. The Morgan fingerprint density at radius 1 is 1.33 bits per heavy atom. The SMILES string of the molecule is O=C(c1ccn(C(F)F)n1)N1CCC(OCc2cccnc2)CC1. The van der Waals surface area contributed by atoms with Crippen LogP contribution in [0.15, 0.2) is 36.8 Å². The van der Waals surface area contributed by atoms with Crippen molar-refractivity contribution in [2.24, 2.45) is 0 Å². The molecule has 0 saturated carbocycles. The quantitative estimate of drug-likeness (QED) is 0.842. The molecule has 2 aromatic heterocycles. The summed E-state index contributed by atoms with van der Waals surface area (Å²) in [6.45, 7) is -1.19. The number of ether oxygens (including phenoxy) is 1. The van der Waals surface area contributed by atoms with E-state index < -0.39 is 6.55 Å². The molecule has 1 fully saturated rings. The van der Waals surface area contributed by atoms with Crippen LogP contribution in [0, 0.1) is 0 Å². The van der Waals surface area contributed by atoms with Gasteiger partial charge in [0, 0.05) is 31.7 Å². The number of carbonyl (C=O) groups is 1. The predicted molar refractivity (Wildman–Crippen MR) is 81.4 cm³/mol. The van der Waals surface area contributed by atoms with Crippen molar-refractivity contribution >= 4 is 5.91 Å². The van der Waals surface area contributed by atoms with Crippen molar-refractivity contribution in [2.75, 3.05) is 13.1 Å². The smallest absolute Gasteiger partial charge is 0.333 e. The van der Waals surface area contributed by atoms with E-state index in [2.05, 4.69) is 10.1 Å². The Hall–Kier alpha value is -2.35. The molecule has 8 heteroatoms. The monoisotopic (exact) mass is 336 g/mol. The topological polar surface area (TPSA) is 60.2 Å². The zero-order chi connectivity index (χ0) is 16.9. The van der Waals surface area contributed by atoms with Gasteiger partial charge < -0.3 is 9.64 Å². The second kappa shape index (κ2) is 7.48. The van der Waals surface area contributed by atoms with E-state index >= 15 is 0 Å². The standard InChI is InChI=1S/C16H18F2N4O2/c17-16(18)22-9-5-14(20-22)15(23)21-7-3-13(4-8-21)24-11-12-2-1-6-19-10-12/h1-2,5-6,9-10,13,16H,3-4,7-8,11H2. The Labute approximate surface area is 138 Å². The van der Waals surface area contributed by atoms with Gasteiger partial charge in [0.05, 0.1) is 12.7 Å². The molecule has 24 heavy (non-hydrogen) atoms. The second-order valence-electron chi connectivity index (χ2n) is 5.62. The van der Waals surface area contributed by atoms with Gasteiger partial charge in [-0.05, 0) is 30.5 Å². The van der Waals surface area contributed by atoms with Crippen molar-refractivity contribution in [1.82, 2.24) is 19.7 Å². The Kier molecular flexibility index (Phi) is 5.14. The molecule has 6 nitrogen and oxygen atoms in total. The first-order chi connectivity index (χ1) is 11.6. The maximum atomic E-state index is 12.5. The minimum Gasteiger partial charge on any atom is -0.373 e. The lowest BCUT2D eigenvalue weighted by Gasteiger charge is -2.31. The highest BCUT2D eigenvalue weighted by Crippen LogP contribution is 2.18. The number of amides is 1. The van der Waals surface area contributed by atoms with Crippen LogP contribution in [-0.2, 0) is 11.3 Å². The minimum atomic E-state index is -2.74. The molecule has 3 heterocycles. The molecule has 2 aromatic rings. The number of carbonyl (C=O) groups excluding carboxylic acids is 1. The summed E-state index contributed by atoms with van der Waals surface area (Å²) in [5.74, 6) is -0.319. The normalized spacial score (nSPS) is 15.9. The van der Waals surface area contributed by atoms with E-state index in [1.165, 1.54) is 6.07 Å². The molecule has 0 aromatic carbocycles. The summed E-state index contributed by atoms with van der Waals surface area (Å²) in [6, 6.07) is 5.13. The third kappa shape index (κ3) is 3.94. The third-order valence-electron chi connectivity index (χ3n) is 3.97. The van der Waals surface area contributed by atoms with Crippen molar-refractivity contribution in [3.05, 3.63) is 48.0 Å². The number of alkyl halides is 2. The van der Waals surface area contributed by atoms with Gasteiger partial charge in [-0.1, -0.05) is 6.07 Å². The number of hydrogen-bond donors (Lipinski definition) is 0. The van der Waals surface area contributed by atoms with Crippen LogP contribution in [0.5, 0.6) is 0 Å². The lowest BCUT2D eigenvalue weighted by Crippen LogP contribution is -2.41. The number of likely N-dealkylation sites (tertiary alicyclic amines) is 1. The molecule has 0 spiro atoms. The molecule has 0 radical (unpaired) electrons. The summed E-state index contributed by atoms with van der Waals surface area (Å²) in [7, 11) is 0. The molecule has 0 N–H and O–H groups in total. The fourth-order valence-corrected chi connectivity index (χ4v) is 2.65. The van der Waals surface area contributed by atoms with E-state index in [0.717, 1.165) is 11.8 Å². The molecular weight excluding hydrogens is 318 g/mol. The van der Waals surface area contributed by atoms with Gasteiger partial charge in [0.15, 0.2) is 5.69 Å². The van der Waals surface area contributed by atoms with E-state index in [1.54, 1.807) is 17.3 Å². The highest BCUT2D eigenvalue weighted by Gasteiger charge is 2.25. The number of halogens is 2. The van der Waals surface area contributed by atoms with Crippen molar-refractivity contribution in [2.45, 2.75) is 32.1 Å². The zero-order valence-corrected chi connectivity index (χ0v) is 13.0. The average Bonchev–Trinajstić information content (AvgIpc) is 3.11. The molecule has 1 saturated heterocycles. The van der Waals surface area contributed by atoms with Crippen LogP contribution in [0.2, 0.25) is 0 Å². The van der Waals surface area contributed by atoms with E-state index in [4.69, 9.17) is 4.74 Å². The van der Waals surface area contributed by atoms with E-state index in [9.17, 15) is 13.6 Å². The van der Waals surface area contributed by atoms with E-state index in [0.29, 0.717) is 37.2 Å². The first kappa shape index (κ1) is 16.5. The van der Waals surface area contributed by atoms with Gasteiger partial charge >= 0.3 is 6.55 Å². The van der Waals surface area contributed by atoms with Crippen LogP contribution in [0.4, 0.5) is 8.78 Å². The first-order valence-corrected chi connectivity index (χ1v) is 7.76. The van der Waals surface area contributed by atoms with Crippen LogP contribution in [0.3, 0.4) is 0 Å². The van der Waals surface area contributed by atoms with Gasteiger partial charge in [0.1, 0.15) is 0 Å². The van der Waals surface area contributed by atoms with Crippen LogP contribution in [0.25, 0.3) is 0 Å². The van der Waals surface area contributed by atoms with Crippen molar-refractivity contribution in [3.63, 3.8) is 0 Å². The van der Waals surface area contributed by atoms with Crippen molar-refractivity contribution in [3.8, 4) is 0 Å². The Balaban J connectivity index is 1.48. The molecule has 0 bridgehead atoms. The van der Waals surface area contributed by atoms with Crippen molar-refractivity contribution < 1.29 is 18.3 Å². The molecule has 0 unspecified atom stereocenters. The predicted octanol–water partition coefficient (Wildman–Crippen LogP) is 2.49. The second-order valence-corrected chi connectivity index (χ2v) is 5.62. The Morgan fingerprint density at radius 2 is 2.12 bits per heavy atom. The van der Waals surface area contributed by atoms with Gasteiger partial charge in [-0.25, -0.2) is 4.68 Å². The maximum Gasteiger partial charge on any atom is 0.333 e. The molecule has 1 aliphatic heterocycles. The van der Waals surface area contributed by atoms with Crippen LogP contribution >= 0.6 is 0 Å². The molecule has 0 atom stereocenters. The van der Waals surface area contributed by atoms with Gasteiger partial charge in [-0.2, -0.15) is 13.9 Å². The first-order valence-electron chi connectivity index (χ1n) is 7.76. The highest BCUT2D eigenvalue weighted by atomic mass is 19.3. The molecule has 3 rings (SSSR count). The zero-order valence-electron chi connectivity index (χ0n) is 13.0. The summed E-state index contributed by atoms with van der Waals surface area (Å²) in [4.78, 5) is 17.9. The summed E-state index contributed by atoms with van der Waals surface area (Å²) < 4.78 is 31.4. The maximum absolute atomic E-state index is 12.5. The van der Waals surface area contributed by atoms with Gasteiger partial charge in [0.2, 0.25) is 0 Å². The lowest BCUT2D eigenvalue weighted by molar-refractivity contribution is -0.000695. The summed E-state index contributed by atoms with van der Waals surface area (Å²) in [5, 5.41) is 3.62. The average molecular weight is 336 g/mol. The Bertz CT molecular complexity index is 670. The van der Waals surface area contributed by atoms with E-state index in [-0.39, 0.29) is 17.7 Å². The number of rotatable bonds is 5. The fourth-order valence-electron chi connectivity index (χ4n) is 2.65. The number of pyridine rings is 1. The van der Waals surface area contributed by atoms with Gasteiger partial charge in [-0.15, -0.1) is 0 Å². The lowest BCUT2D eigenvalue weighted by atomic mass is 10.1. The minimum absolute atomic E-state index is 0.0463. The fraction of sp³-hybridized carbons (Fsp3) is 0.438. The molecule has 1 amide bonds. The van der Waals surface area contributed by atoms with Gasteiger partial charge in [0.25, 0.3) is 5.91 Å². The van der Waals surface area contributed by atoms with Crippen LogP contribution in [-0.4, -0.2) is 44.8 Å². The largest absolute Gasteiger partial charge is 0.373 e. The summed E-state index contributed by atoms with van der Waals surface area (Å²) in [6.07, 6.45) is 6.08. The van der Waals surface area contributed by atoms with Crippen LogP contribution < -0.4 is 0 Å². The van der Waals surface area contributed by atoms with E-state index in [1.807, 2.05) is 12.1 Å². The third-order valence-corrected chi connectivity index (χ3v) is 3.97. The van der Waals surface area contributed by atoms with Gasteiger partial charge in [-0.3, -0.25) is 9.78 Å². The number of piperidine rings is 1. The number of nitrogens with zero attached hydrogens (tertiary/aromatic N) is 4. The Morgan fingerprint density at radius 3 is 2.75 bits per heavy atom. The molecular formula is C16H18F2N4O2.